The average Bonchev–Trinajstić information content (AvgIpc) is 3.09. The van der Waals surface area contributed by atoms with E-state index in [1.54, 1.807) is 49.4 Å². The summed E-state index contributed by atoms with van der Waals surface area (Å²) in [6.45, 7) is 4.79. The van der Waals surface area contributed by atoms with Crippen molar-refractivity contribution in [3.8, 4) is 5.75 Å². The van der Waals surface area contributed by atoms with E-state index in [9.17, 15) is 14.4 Å². The number of hydrogen-bond acceptors (Lipinski definition) is 5. The molecule has 0 spiro atoms. The van der Waals surface area contributed by atoms with Gasteiger partial charge in [0.2, 0.25) is 5.91 Å². The van der Waals surface area contributed by atoms with Crippen molar-refractivity contribution in [2.75, 3.05) is 50.6 Å². The number of benzene rings is 4. The first kappa shape index (κ1) is 31.3. The zero-order chi connectivity index (χ0) is 31.8. The highest BCUT2D eigenvalue weighted by Gasteiger charge is 2.29. The van der Waals surface area contributed by atoms with Crippen molar-refractivity contribution in [2.24, 2.45) is 0 Å². The van der Waals surface area contributed by atoms with Crippen LogP contribution in [0.1, 0.15) is 51.1 Å². The van der Waals surface area contributed by atoms with Gasteiger partial charge in [-0.25, -0.2) is 0 Å². The molecule has 4 aromatic carbocycles. The first-order valence-electron chi connectivity index (χ1n) is 15.4. The number of carbonyl (C=O) groups is 3. The molecule has 1 saturated heterocycles. The number of piperazine rings is 1. The van der Waals surface area contributed by atoms with Crippen LogP contribution < -0.4 is 15.0 Å². The van der Waals surface area contributed by atoms with E-state index in [0.29, 0.717) is 55.3 Å². The molecule has 8 heteroatoms. The lowest BCUT2D eigenvalue weighted by atomic mass is 9.94. The Morgan fingerprint density at radius 3 is 2.20 bits per heavy atom. The molecule has 232 valence electrons. The van der Waals surface area contributed by atoms with Gasteiger partial charge in [0.25, 0.3) is 11.8 Å². The van der Waals surface area contributed by atoms with E-state index < -0.39 is 0 Å². The van der Waals surface area contributed by atoms with Gasteiger partial charge in [-0.05, 0) is 53.9 Å². The number of ether oxygens (including phenoxy) is 1. The molecule has 3 amide bonds. The minimum atomic E-state index is -0.297. The summed E-state index contributed by atoms with van der Waals surface area (Å²) in [6.07, 6.45) is 0.735. The van der Waals surface area contributed by atoms with Crippen molar-refractivity contribution in [3.05, 3.63) is 125 Å². The molecule has 0 radical (unpaired) electrons. The summed E-state index contributed by atoms with van der Waals surface area (Å²) in [5, 5.41) is 2.94. The van der Waals surface area contributed by atoms with Crippen molar-refractivity contribution in [3.63, 3.8) is 0 Å². The summed E-state index contributed by atoms with van der Waals surface area (Å²) in [5.74, 6) is 0.101. The van der Waals surface area contributed by atoms with Gasteiger partial charge in [-0.15, -0.1) is 0 Å². The maximum atomic E-state index is 14.0. The van der Waals surface area contributed by atoms with Crippen LogP contribution in [0.5, 0.6) is 5.75 Å². The molecule has 1 atom stereocenters. The van der Waals surface area contributed by atoms with Gasteiger partial charge in [-0.3, -0.25) is 14.4 Å². The zero-order valence-corrected chi connectivity index (χ0v) is 26.1. The number of rotatable bonds is 10. The number of nitrogens with one attached hydrogen (secondary N) is 1. The van der Waals surface area contributed by atoms with E-state index in [-0.39, 0.29) is 23.6 Å². The Hall–Kier alpha value is -5.11. The second-order valence-electron chi connectivity index (χ2n) is 11.2. The third-order valence-electron chi connectivity index (χ3n) is 8.27. The molecular formula is C37H40N4O4. The molecule has 1 aliphatic heterocycles. The fraction of sp³-hybridized carbons (Fsp3) is 0.270. The number of nitrogens with zero attached hydrogens (tertiary/aromatic N) is 3. The Bertz CT molecular complexity index is 1620. The maximum Gasteiger partial charge on any atom is 0.256 e. The topological polar surface area (TPSA) is 82.2 Å². The number of amides is 3. The summed E-state index contributed by atoms with van der Waals surface area (Å²) >= 11 is 0. The molecule has 5 rings (SSSR count). The first-order valence-corrected chi connectivity index (χ1v) is 15.4. The van der Waals surface area contributed by atoms with Crippen molar-refractivity contribution >= 4 is 29.1 Å². The molecule has 45 heavy (non-hydrogen) atoms. The molecule has 1 aliphatic rings. The van der Waals surface area contributed by atoms with E-state index >= 15 is 0 Å². The third-order valence-corrected chi connectivity index (χ3v) is 8.27. The van der Waals surface area contributed by atoms with Crippen LogP contribution in [0.15, 0.2) is 103 Å². The number of carbonyl (C=O) groups excluding carboxylic acids is 3. The highest BCUT2D eigenvalue weighted by molar-refractivity contribution is 6.06. The summed E-state index contributed by atoms with van der Waals surface area (Å²) in [7, 11) is 3.34. The highest BCUT2D eigenvalue weighted by Crippen LogP contribution is 2.29. The summed E-state index contributed by atoms with van der Waals surface area (Å²) < 4.78 is 5.27. The van der Waals surface area contributed by atoms with Crippen molar-refractivity contribution in [2.45, 2.75) is 25.8 Å². The van der Waals surface area contributed by atoms with Gasteiger partial charge in [-0.2, -0.15) is 0 Å². The van der Waals surface area contributed by atoms with E-state index in [4.69, 9.17) is 4.74 Å². The lowest BCUT2D eigenvalue weighted by molar-refractivity contribution is -0.133. The summed E-state index contributed by atoms with van der Waals surface area (Å²) in [6, 6.07) is 32.2. The van der Waals surface area contributed by atoms with Gasteiger partial charge in [0, 0.05) is 56.7 Å². The lowest BCUT2D eigenvalue weighted by Gasteiger charge is -2.38. The van der Waals surface area contributed by atoms with Crippen LogP contribution in [0.2, 0.25) is 0 Å². The van der Waals surface area contributed by atoms with Crippen molar-refractivity contribution < 1.29 is 19.1 Å². The summed E-state index contributed by atoms with van der Waals surface area (Å²) in [4.78, 5) is 46.4. The zero-order valence-electron chi connectivity index (χ0n) is 26.1. The highest BCUT2D eigenvalue weighted by atomic mass is 16.5. The normalized spacial score (nSPS) is 13.6. The standard InChI is InChI=1S/C37H40N4O4/c1-4-32(28-14-9-6-10-15-28)37(44)41-22-20-40(21-23-41)34-19-18-30(38-35(42)29-16-11-17-31(24-29)45-3)25-33(34)36(43)39(2)26-27-12-7-5-8-13-27/h5-19,24-25,32H,4,20-23,26H2,1-3H3,(H,38,42). The molecule has 0 aliphatic carbocycles. The van der Waals surface area contributed by atoms with E-state index in [0.717, 1.165) is 23.2 Å². The monoisotopic (exact) mass is 604 g/mol. The van der Waals surface area contributed by atoms with Crippen molar-refractivity contribution in [1.29, 1.82) is 0 Å². The SMILES string of the molecule is CCC(C(=O)N1CCN(c2ccc(NC(=O)c3cccc(OC)c3)cc2C(=O)N(C)Cc2ccccc2)CC1)c1ccccc1. The lowest BCUT2D eigenvalue weighted by Crippen LogP contribution is -2.50. The second kappa shape index (κ2) is 14.6. The molecular weight excluding hydrogens is 564 g/mol. The van der Waals surface area contributed by atoms with Crippen LogP contribution in [0, 0.1) is 0 Å². The Balaban J connectivity index is 1.36. The van der Waals surface area contributed by atoms with Gasteiger partial charge in [0.1, 0.15) is 5.75 Å². The number of anilines is 2. The molecule has 0 bridgehead atoms. The predicted molar refractivity (Wildman–Crippen MR) is 178 cm³/mol. The molecule has 1 heterocycles. The van der Waals surface area contributed by atoms with Crippen LogP contribution in [0.4, 0.5) is 11.4 Å². The minimum absolute atomic E-state index is 0.137. The Morgan fingerprint density at radius 2 is 1.53 bits per heavy atom. The van der Waals surface area contributed by atoms with Crippen LogP contribution in [-0.4, -0.2) is 67.9 Å². The largest absolute Gasteiger partial charge is 0.497 e. The third kappa shape index (κ3) is 7.52. The van der Waals surface area contributed by atoms with Crippen molar-refractivity contribution in [1.82, 2.24) is 9.80 Å². The maximum absolute atomic E-state index is 14.0. The molecule has 0 saturated carbocycles. The van der Waals surface area contributed by atoms with Crippen LogP contribution >= 0.6 is 0 Å². The van der Waals surface area contributed by atoms with Crippen LogP contribution in [-0.2, 0) is 11.3 Å². The Kier molecular flexibility index (Phi) is 10.1. The van der Waals surface area contributed by atoms with E-state index in [1.807, 2.05) is 84.6 Å². The molecule has 8 nitrogen and oxygen atoms in total. The average molecular weight is 605 g/mol. The smallest absolute Gasteiger partial charge is 0.256 e. The van der Waals surface area contributed by atoms with Gasteiger partial charge < -0.3 is 24.8 Å². The van der Waals surface area contributed by atoms with Crippen LogP contribution in [0.25, 0.3) is 0 Å². The fourth-order valence-corrected chi connectivity index (χ4v) is 5.79. The molecule has 4 aromatic rings. The van der Waals surface area contributed by atoms with Gasteiger partial charge in [0.05, 0.1) is 18.6 Å². The first-order chi connectivity index (χ1) is 21.9. The number of methoxy groups -OCH3 is 1. The van der Waals surface area contributed by atoms with E-state index in [1.165, 1.54) is 0 Å². The molecule has 1 fully saturated rings. The van der Waals surface area contributed by atoms with Gasteiger partial charge >= 0.3 is 0 Å². The fourth-order valence-electron chi connectivity index (χ4n) is 5.79. The Labute approximate surface area is 265 Å². The number of hydrogen-bond donors (Lipinski definition) is 1. The molecule has 0 aromatic heterocycles. The van der Waals surface area contributed by atoms with Crippen LogP contribution in [0.3, 0.4) is 0 Å². The summed E-state index contributed by atoms with van der Waals surface area (Å²) in [5.41, 5.74) is 4.30. The van der Waals surface area contributed by atoms with Gasteiger partial charge in [-0.1, -0.05) is 73.7 Å². The quantitative estimate of drug-likeness (QED) is 0.238. The molecule has 1 unspecified atom stereocenters. The van der Waals surface area contributed by atoms with E-state index in [2.05, 4.69) is 10.2 Å². The Morgan fingerprint density at radius 1 is 0.844 bits per heavy atom. The molecule has 1 N–H and O–H groups in total. The minimum Gasteiger partial charge on any atom is -0.497 e. The predicted octanol–water partition coefficient (Wildman–Crippen LogP) is 6.06. The van der Waals surface area contributed by atoms with Gasteiger partial charge in [0.15, 0.2) is 0 Å². The second-order valence-corrected chi connectivity index (χ2v) is 11.2.